The molecule has 3 atom stereocenters. The molecule has 158 valence electrons. The number of hydrogen-bond acceptors (Lipinski definition) is 6. The molecule has 0 aromatic carbocycles. The molecule has 3 heterocycles. The lowest BCUT2D eigenvalue weighted by atomic mass is 9.93. The molecule has 0 spiro atoms. The zero-order valence-corrected chi connectivity index (χ0v) is 18.3. The SMILES string of the molecule is CC(C)C(C)c1c(C#N)c(Cl)c2cnc(N[C@H]3CCN(S(C)(=O)=O)C[C@H]3F)nn12. The molecule has 29 heavy (non-hydrogen) atoms. The second-order valence-corrected chi connectivity index (χ2v) is 10.1. The molecule has 1 saturated heterocycles. The molecular formula is C18H24ClFN6O2S. The molecule has 11 heteroatoms. The van der Waals surface area contributed by atoms with Crippen LogP contribution in [0.4, 0.5) is 10.3 Å². The lowest BCUT2D eigenvalue weighted by Crippen LogP contribution is -2.49. The second-order valence-electron chi connectivity index (χ2n) is 7.77. The largest absolute Gasteiger partial charge is 0.347 e. The van der Waals surface area contributed by atoms with Gasteiger partial charge >= 0.3 is 0 Å². The van der Waals surface area contributed by atoms with Gasteiger partial charge in [-0.3, -0.25) is 0 Å². The molecule has 0 bridgehead atoms. The van der Waals surface area contributed by atoms with Crippen LogP contribution >= 0.6 is 11.6 Å². The number of sulfonamides is 1. The van der Waals surface area contributed by atoms with Gasteiger partial charge in [0, 0.05) is 19.0 Å². The van der Waals surface area contributed by atoms with Gasteiger partial charge in [-0.2, -0.15) is 9.57 Å². The van der Waals surface area contributed by atoms with E-state index in [1.54, 1.807) is 4.52 Å². The van der Waals surface area contributed by atoms with Crippen molar-refractivity contribution < 1.29 is 12.8 Å². The average Bonchev–Trinajstić information content (AvgIpc) is 2.93. The van der Waals surface area contributed by atoms with Crippen molar-refractivity contribution in [1.29, 1.82) is 5.26 Å². The van der Waals surface area contributed by atoms with E-state index in [0.29, 0.717) is 28.2 Å². The van der Waals surface area contributed by atoms with Crippen LogP contribution in [-0.4, -0.2) is 58.9 Å². The van der Waals surface area contributed by atoms with E-state index in [-0.39, 0.29) is 30.9 Å². The molecule has 1 fully saturated rings. The van der Waals surface area contributed by atoms with Crippen LogP contribution in [0.5, 0.6) is 0 Å². The maximum Gasteiger partial charge on any atom is 0.241 e. The van der Waals surface area contributed by atoms with E-state index in [0.717, 1.165) is 10.6 Å². The van der Waals surface area contributed by atoms with Gasteiger partial charge in [0.25, 0.3) is 0 Å². The van der Waals surface area contributed by atoms with E-state index in [1.807, 2.05) is 20.8 Å². The highest BCUT2D eigenvalue weighted by molar-refractivity contribution is 7.88. The first-order chi connectivity index (χ1) is 13.5. The zero-order valence-electron chi connectivity index (χ0n) is 16.7. The number of halogens is 2. The standard InChI is InChI=1S/C18H24ClFN6O2S/c1-10(2)11(3)17-12(7-21)16(19)15-8-22-18(24-26(15)17)23-14-5-6-25(9-13(14)20)29(4,27)28/h8,10-11,13-14H,5-6,9H2,1-4H3,(H,23,24)/t11?,13-,14+/m1/s1. The molecule has 0 radical (unpaired) electrons. The molecule has 0 saturated carbocycles. The number of rotatable bonds is 5. The van der Waals surface area contributed by atoms with Gasteiger partial charge in [0.05, 0.1) is 34.8 Å². The summed E-state index contributed by atoms with van der Waals surface area (Å²) in [5.74, 6) is 0.462. The van der Waals surface area contributed by atoms with Gasteiger partial charge in [-0.15, -0.1) is 5.10 Å². The van der Waals surface area contributed by atoms with Crippen LogP contribution in [0.25, 0.3) is 5.52 Å². The minimum absolute atomic E-state index is 0.0133. The van der Waals surface area contributed by atoms with Crippen molar-refractivity contribution in [1.82, 2.24) is 18.9 Å². The van der Waals surface area contributed by atoms with Crippen LogP contribution in [0.2, 0.25) is 5.02 Å². The Bertz CT molecular complexity index is 1060. The summed E-state index contributed by atoms with van der Waals surface area (Å²) in [6, 6.07) is 1.54. The van der Waals surface area contributed by atoms with Gasteiger partial charge in [-0.25, -0.2) is 22.3 Å². The monoisotopic (exact) mass is 442 g/mol. The third-order valence-corrected chi connectivity index (χ3v) is 7.14. The third-order valence-electron chi connectivity index (χ3n) is 5.49. The number of fused-ring (bicyclic) bond motifs is 1. The number of aromatic nitrogens is 3. The predicted molar refractivity (Wildman–Crippen MR) is 109 cm³/mol. The van der Waals surface area contributed by atoms with Gasteiger partial charge in [0.2, 0.25) is 16.0 Å². The smallest absolute Gasteiger partial charge is 0.241 e. The fourth-order valence-electron chi connectivity index (χ4n) is 3.45. The first-order valence-electron chi connectivity index (χ1n) is 9.37. The summed E-state index contributed by atoms with van der Waals surface area (Å²) in [6.45, 7) is 6.10. The molecule has 0 amide bonds. The summed E-state index contributed by atoms with van der Waals surface area (Å²) < 4.78 is 40.6. The number of hydrogen-bond donors (Lipinski definition) is 1. The predicted octanol–water partition coefficient (Wildman–Crippen LogP) is 2.80. The van der Waals surface area contributed by atoms with Crippen molar-refractivity contribution in [2.24, 2.45) is 5.92 Å². The van der Waals surface area contributed by atoms with Crippen molar-refractivity contribution >= 4 is 33.1 Å². The zero-order chi connectivity index (χ0) is 21.5. The average molecular weight is 443 g/mol. The summed E-state index contributed by atoms with van der Waals surface area (Å²) in [5.41, 5.74) is 1.57. The lowest BCUT2D eigenvalue weighted by Gasteiger charge is -2.33. The molecule has 1 aliphatic heterocycles. The first kappa shape index (κ1) is 21.7. The highest BCUT2D eigenvalue weighted by Crippen LogP contribution is 2.35. The summed E-state index contributed by atoms with van der Waals surface area (Å²) in [7, 11) is -3.43. The number of nitrogens with zero attached hydrogens (tertiary/aromatic N) is 5. The Hall–Kier alpha value is -1.96. The van der Waals surface area contributed by atoms with Gasteiger partial charge < -0.3 is 5.32 Å². The Morgan fingerprint density at radius 2 is 2.10 bits per heavy atom. The summed E-state index contributed by atoms with van der Waals surface area (Å²) in [5, 5.41) is 17.3. The van der Waals surface area contributed by atoms with E-state index in [1.165, 1.54) is 6.20 Å². The number of nitriles is 1. The van der Waals surface area contributed by atoms with Crippen LogP contribution in [0.3, 0.4) is 0 Å². The number of alkyl halides is 1. The van der Waals surface area contributed by atoms with Crippen LogP contribution in [-0.2, 0) is 10.0 Å². The van der Waals surface area contributed by atoms with E-state index in [4.69, 9.17) is 11.6 Å². The number of anilines is 1. The topological polar surface area (TPSA) is 103 Å². The second kappa shape index (κ2) is 8.05. The normalized spacial score (nSPS) is 22.0. The molecule has 1 unspecified atom stereocenters. The molecule has 3 rings (SSSR count). The molecule has 2 aromatic rings. The number of nitrogens with one attached hydrogen (secondary N) is 1. The van der Waals surface area contributed by atoms with Crippen molar-refractivity contribution in [3.63, 3.8) is 0 Å². The summed E-state index contributed by atoms with van der Waals surface area (Å²) >= 11 is 6.37. The summed E-state index contributed by atoms with van der Waals surface area (Å²) in [4.78, 5) is 4.22. The highest BCUT2D eigenvalue weighted by atomic mass is 35.5. The maximum atomic E-state index is 14.6. The van der Waals surface area contributed by atoms with Crippen LogP contribution < -0.4 is 5.32 Å². The Balaban J connectivity index is 1.92. The minimum Gasteiger partial charge on any atom is -0.347 e. The fourth-order valence-corrected chi connectivity index (χ4v) is 4.56. The van der Waals surface area contributed by atoms with Crippen LogP contribution in [0.1, 0.15) is 44.4 Å². The highest BCUT2D eigenvalue weighted by Gasteiger charge is 2.34. The molecule has 1 N–H and O–H groups in total. The van der Waals surface area contributed by atoms with Crippen molar-refractivity contribution in [3.8, 4) is 6.07 Å². The van der Waals surface area contributed by atoms with Crippen molar-refractivity contribution in [3.05, 3.63) is 22.5 Å². The first-order valence-corrected chi connectivity index (χ1v) is 11.6. The Morgan fingerprint density at radius 1 is 1.41 bits per heavy atom. The Kier molecular flexibility index (Phi) is 6.03. The van der Waals surface area contributed by atoms with E-state index in [2.05, 4.69) is 21.5 Å². The lowest BCUT2D eigenvalue weighted by molar-refractivity contribution is 0.186. The maximum absolute atomic E-state index is 14.6. The molecule has 0 aliphatic carbocycles. The molecule has 1 aliphatic rings. The van der Waals surface area contributed by atoms with Gasteiger partial charge in [-0.05, 0) is 12.3 Å². The minimum atomic E-state index is -3.43. The molecule has 2 aromatic heterocycles. The fraction of sp³-hybridized carbons (Fsp3) is 0.611. The third kappa shape index (κ3) is 4.17. The Morgan fingerprint density at radius 3 is 2.66 bits per heavy atom. The molecule has 8 nitrogen and oxygen atoms in total. The van der Waals surface area contributed by atoms with Crippen molar-refractivity contribution in [2.45, 2.75) is 45.3 Å². The van der Waals surface area contributed by atoms with E-state index < -0.39 is 22.2 Å². The Labute approximate surface area is 174 Å². The van der Waals surface area contributed by atoms with E-state index in [9.17, 15) is 18.1 Å². The van der Waals surface area contributed by atoms with Gasteiger partial charge in [0.15, 0.2) is 0 Å². The van der Waals surface area contributed by atoms with Crippen LogP contribution in [0, 0.1) is 17.2 Å². The van der Waals surface area contributed by atoms with Gasteiger partial charge in [-0.1, -0.05) is 32.4 Å². The summed E-state index contributed by atoms with van der Waals surface area (Å²) in [6.07, 6.45) is 1.48. The van der Waals surface area contributed by atoms with E-state index >= 15 is 0 Å². The van der Waals surface area contributed by atoms with Crippen molar-refractivity contribution in [2.75, 3.05) is 24.7 Å². The van der Waals surface area contributed by atoms with Gasteiger partial charge in [0.1, 0.15) is 17.8 Å². The quantitative estimate of drug-likeness (QED) is 0.763. The number of piperidine rings is 1. The molecular weight excluding hydrogens is 419 g/mol. The van der Waals surface area contributed by atoms with Crippen LogP contribution in [0.15, 0.2) is 6.20 Å².